The fourth-order valence-corrected chi connectivity index (χ4v) is 5.22. The number of fused-ring (bicyclic) bond motifs is 1. The normalized spacial score (nSPS) is 15.0. The van der Waals surface area contributed by atoms with Crippen LogP contribution in [0.3, 0.4) is 0 Å². The summed E-state index contributed by atoms with van der Waals surface area (Å²) in [6.45, 7) is 1.08. The van der Waals surface area contributed by atoms with Gasteiger partial charge in [-0.3, -0.25) is 0 Å². The van der Waals surface area contributed by atoms with Gasteiger partial charge in [0.2, 0.25) is 10.0 Å². The number of hydrogen-bond donors (Lipinski definition) is 0. The van der Waals surface area contributed by atoms with Crippen LogP contribution in [0.15, 0.2) is 59.5 Å². The monoisotopic (exact) mass is 461 g/mol. The Morgan fingerprint density at radius 2 is 1.65 bits per heavy atom. The van der Waals surface area contributed by atoms with Crippen molar-refractivity contribution in [3.63, 3.8) is 0 Å². The van der Waals surface area contributed by atoms with Crippen molar-refractivity contribution >= 4 is 38.4 Å². The summed E-state index contributed by atoms with van der Waals surface area (Å²) >= 11 is 6.16. The Hall–Kier alpha value is -2.65. The van der Waals surface area contributed by atoms with Crippen LogP contribution in [-0.4, -0.2) is 52.1 Å². The summed E-state index contributed by atoms with van der Waals surface area (Å²) in [5.41, 5.74) is 0.0852. The van der Waals surface area contributed by atoms with Gasteiger partial charge in [0.25, 0.3) is 0 Å². The highest BCUT2D eigenvalue weighted by Crippen LogP contribution is 2.28. The van der Waals surface area contributed by atoms with Gasteiger partial charge in [0, 0.05) is 13.1 Å². The summed E-state index contributed by atoms with van der Waals surface area (Å²) in [6.07, 6.45) is 0. The Labute approximate surface area is 185 Å². The van der Waals surface area contributed by atoms with Gasteiger partial charge >= 0.3 is 5.97 Å². The average Bonchev–Trinajstić information content (AvgIpc) is 2.79. The highest BCUT2D eigenvalue weighted by atomic mass is 35.5. The zero-order valence-corrected chi connectivity index (χ0v) is 18.3. The van der Waals surface area contributed by atoms with E-state index in [9.17, 15) is 13.2 Å². The number of ether oxygens (including phenoxy) is 3. The summed E-state index contributed by atoms with van der Waals surface area (Å²) in [5, 5.41) is 1.85. The van der Waals surface area contributed by atoms with E-state index >= 15 is 0 Å². The number of halogens is 1. The minimum Gasteiger partial charge on any atom is -0.497 e. The van der Waals surface area contributed by atoms with Crippen LogP contribution in [0, 0.1) is 0 Å². The van der Waals surface area contributed by atoms with E-state index in [1.807, 2.05) is 24.3 Å². The molecule has 1 saturated heterocycles. The number of hydrogen-bond acceptors (Lipinski definition) is 6. The Bertz CT molecular complexity index is 1240. The molecule has 3 aromatic carbocycles. The molecule has 9 heteroatoms. The number of morpholine rings is 1. The lowest BCUT2D eigenvalue weighted by Gasteiger charge is -2.26. The van der Waals surface area contributed by atoms with Crippen LogP contribution in [0.4, 0.5) is 0 Å². The summed E-state index contributed by atoms with van der Waals surface area (Å²) in [6, 6.07) is 14.9. The minimum absolute atomic E-state index is 0.0424. The molecule has 31 heavy (non-hydrogen) atoms. The molecule has 0 N–H and O–H groups in total. The molecule has 162 valence electrons. The Morgan fingerprint density at radius 3 is 2.35 bits per heavy atom. The summed E-state index contributed by atoms with van der Waals surface area (Å²) in [4.78, 5) is 12.6. The zero-order valence-electron chi connectivity index (χ0n) is 16.7. The molecule has 1 aliphatic heterocycles. The third kappa shape index (κ3) is 4.52. The van der Waals surface area contributed by atoms with Crippen molar-refractivity contribution in [1.29, 1.82) is 0 Å². The molecule has 0 bridgehead atoms. The lowest BCUT2D eigenvalue weighted by atomic mass is 10.1. The molecule has 0 aromatic heterocycles. The number of esters is 1. The number of methoxy groups -OCH3 is 1. The van der Waals surface area contributed by atoms with Crippen molar-refractivity contribution in [3.8, 4) is 11.5 Å². The van der Waals surface area contributed by atoms with Crippen LogP contribution in [0.5, 0.6) is 11.5 Å². The second-order valence-electron chi connectivity index (χ2n) is 6.93. The number of sulfonamides is 1. The molecule has 0 amide bonds. The van der Waals surface area contributed by atoms with E-state index in [0.29, 0.717) is 24.7 Å². The van der Waals surface area contributed by atoms with Gasteiger partial charge in [-0.05, 0) is 53.2 Å². The molecule has 7 nitrogen and oxygen atoms in total. The SMILES string of the molecule is COc1ccc2ccc(OC(=O)c3ccc(Cl)c(S(=O)(=O)N4CCOCC4)c3)cc2c1. The van der Waals surface area contributed by atoms with Crippen LogP contribution in [0.2, 0.25) is 5.02 Å². The fraction of sp³-hybridized carbons (Fsp3) is 0.227. The van der Waals surface area contributed by atoms with Crippen molar-refractivity contribution in [1.82, 2.24) is 4.31 Å². The molecule has 0 aliphatic carbocycles. The van der Waals surface area contributed by atoms with Crippen molar-refractivity contribution in [2.75, 3.05) is 33.4 Å². The van der Waals surface area contributed by atoms with Crippen LogP contribution in [0.25, 0.3) is 10.8 Å². The van der Waals surface area contributed by atoms with Crippen LogP contribution in [0.1, 0.15) is 10.4 Å². The number of rotatable bonds is 5. The first-order valence-corrected chi connectivity index (χ1v) is 11.4. The molecule has 0 atom stereocenters. The second-order valence-corrected chi connectivity index (χ2v) is 9.24. The highest BCUT2D eigenvalue weighted by Gasteiger charge is 2.29. The molecule has 4 rings (SSSR count). The minimum atomic E-state index is -3.86. The van der Waals surface area contributed by atoms with E-state index < -0.39 is 16.0 Å². The zero-order chi connectivity index (χ0) is 22.0. The van der Waals surface area contributed by atoms with E-state index in [-0.39, 0.29) is 28.6 Å². The van der Waals surface area contributed by atoms with Crippen molar-refractivity contribution in [2.45, 2.75) is 4.90 Å². The van der Waals surface area contributed by atoms with Gasteiger partial charge in [0.05, 0.1) is 30.9 Å². The van der Waals surface area contributed by atoms with Crippen LogP contribution < -0.4 is 9.47 Å². The molecule has 3 aromatic rings. The van der Waals surface area contributed by atoms with E-state index in [1.54, 1.807) is 19.2 Å². The summed E-state index contributed by atoms with van der Waals surface area (Å²) < 4.78 is 43.2. The van der Waals surface area contributed by atoms with Crippen molar-refractivity contribution in [3.05, 3.63) is 65.2 Å². The topological polar surface area (TPSA) is 82.1 Å². The average molecular weight is 462 g/mol. The number of benzene rings is 3. The third-order valence-electron chi connectivity index (χ3n) is 4.98. The smallest absolute Gasteiger partial charge is 0.343 e. The van der Waals surface area contributed by atoms with E-state index in [1.165, 1.54) is 22.5 Å². The van der Waals surface area contributed by atoms with E-state index in [4.69, 9.17) is 25.8 Å². The Balaban J connectivity index is 1.60. The molecule has 0 saturated carbocycles. The molecule has 0 unspecified atom stereocenters. The third-order valence-corrected chi connectivity index (χ3v) is 7.36. The first kappa shape index (κ1) is 21.6. The molecule has 1 fully saturated rings. The van der Waals surface area contributed by atoms with Crippen molar-refractivity contribution in [2.24, 2.45) is 0 Å². The second kappa shape index (κ2) is 8.84. The van der Waals surface area contributed by atoms with Gasteiger partial charge < -0.3 is 14.2 Å². The van der Waals surface area contributed by atoms with Crippen LogP contribution >= 0.6 is 11.6 Å². The maximum atomic E-state index is 13.0. The molecular weight excluding hydrogens is 442 g/mol. The molecule has 1 aliphatic rings. The Kier molecular flexibility index (Phi) is 6.15. The number of carbonyl (C=O) groups is 1. The molecular formula is C22H20ClNO6S. The fourth-order valence-electron chi connectivity index (χ4n) is 3.31. The lowest BCUT2D eigenvalue weighted by molar-refractivity contribution is 0.0727. The Morgan fingerprint density at radius 1 is 0.968 bits per heavy atom. The standard InChI is InChI=1S/C22H20ClNO6S/c1-28-18-5-2-15-3-6-19(13-17(15)12-18)30-22(25)16-4-7-20(23)21(14-16)31(26,27)24-8-10-29-11-9-24/h2-7,12-14H,8-11H2,1H3. The van der Waals surface area contributed by atoms with Gasteiger partial charge in [-0.15, -0.1) is 0 Å². The van der Waals surface area contributed by atoms with Gasteiger partial charge in [0.15, 0.2) is 0 Å². The quantitative estimate of drug-likeness (QED) is 0.425. The summed E-state index contributed by atoms with van der Waals surface area (Å²) in [5.74, 6) is 0.335. The first-order chi connectivity index (χ1) is 14.9. The van der Waals surface area contributed by atoms with Gasteiger partial charge in [-0.1, -0.05) is 23.7 Å². The lowest BCUT2D eigenvalue weighted by Crippen LogP contribution is -2.40. The molecule has 0 radical (unpaired) electrons. The van der Waals surface area contributed by atoms with Gasteiger partial charge in [-0.2, -0.15) is 4.31 Å². The largest absolute Gasteiger partial charge is 0.497 e. The molecule has 0 spiro atoms. The maximum Gasteiger partial charge on any atom is 0.343 e. The number of carbonyl (C=O) groups excluding carboxylic acids is 1. The van der Waals surface area contributed by atoms with Gasteiger partial charge in [0.1, 0.15) is 16.4 Å². The summed E-state index contributed by atoms with van der Waals surface area (Å²) in [7, 11) is -2.28. The van der Waals surface area contributed by atoms with Crippen LogP contribution in [-0.2, 0) is 14.8 Å². The molecule has 1 heterocycles. The van der Waals surface area contributed by atoms with Crippen molar-refractivity contribution < 1.29 is 27.4 Å². The van der Waals surface area contributed by atoms with E-state index in [0.717, 1.165) is 10.8 Å². The number of nitrogens with zero attached hydrogens (tertiary/aromatic N) is 1. The van der Waals surface area contributed by atoms with Gasteiger partial charge in [-0.25, -0.2) is 13.2 Å². The maximum absolute atomic E-state index is 13.0. The van der Waals surface area contributed by atoms with E-state index in [2.05, 4.69) is 0 Å². The highest BCUT2D eigenvalue weighted by molar-refractivity contribution is 7.89. The first-order valence-electron chi connectivity index (χ1n) is 9.56. The predicted molar refractivity (Wildman–Crippen MR) is 116 cm³/mol. The predicted octanol–water partition coefficient (Wildman–Crippen LogP) is 3.74.